The molecule has 0 atom stereocenters. The van der Waals surface area contributed by atoms with Crippen molar-refractivity contribution in [1.29, 1.82) is 0 Å². The lowest BCUT2D eigenvalue weighted by Gasteiger charge is -2.13. The van der Waals surface area contributed by atoms with Crippen LogP contribution in [0.3, 0.4) is 0 Å². The fraction of sp³-hybridized carbons (Fsp3) is 0.269. The normalized spacial score (nSPS) is 11.1. The van der Waals surface area contributed by atoms with Gasteiger partial charge in [-0.05, 0) is 62.3 Å². The number of thioether (sulfide) groups is 1. The zero-order valence-corrected chi connectivity index (χ0v) is 22.6. The number of esters is 1. The molecule has 0 unspecified atom stereocenters. The Morgan fingerprint density at radius 2 is 1.67 bits per heavy atom. The first-order valence-electron chi connectivity index (χ1n) is 11.5. The molecule has 4 rings (SSSR count). The number of nitrogens with zero attached hydrogens (tertiary/aromatic N) is 3. The summed E-state index contributed by atoms with van der Waals surface area (Å²) in [7, 11) is 0. The van der Waals surface area contributed by atoms with E-state index >= 15 is 0 Å². The second-order valence-electron chi connectivity index (χ2n) is 8.06. The fourth-order valence-electron chi connectivity index (χ4n) is 3.63. The van der Waals surface area contributed by atoms with Crippen LogP contribution >= 0.6 is 35.3 Å². The van der Waals surface area contributed by atoms with Crippen molar-refractivity contribution < 1.29 is 14.3 Å². The van der Waals surface area contributed by atoms with Crippen LogP contribution in [0, 0.1) is 10.9 Å². The summed E-state index contributed by atoms with van der Waals surface area (Å²) in [6, 6.07) is 15.5. The van der Waals surface area contributed by atoms with Crippen LogP contribution in [0.25, 0.3) is 21.7 Å². The molecule has 0 aliphatic heterocycles. The summed E-state index contributed by atoms with van der Waals surface area (Å²) in [5.41, 5.74) is 3.89. The summed E-state index contributed by atoms with van der Waals surface area (Å²) < 4.78 is 9.11. The number of hydrogen-bond donors (Lipinski definition) is 0. The Morgan fingerprint density at radius 1 is 1.03 bits per heavy atom. The van der Waals surface area contributed by atoms with Crippen LogP contribution in [-0.4, -0.2) is 38.2 Å². The van der Waals surface area contributed by atoms with E-state index in [4.69, 9.17) is 21.9 Å². The maximum absolute atomic E-state index is 13.7. The lowest BCUT2D eigenvalue weighted by atomic mass is 10.1. The summed E-state index contributed by atoms with van der Waals surface area (Å²) in [5, 5.41) is 0.347. The number of ketones is 1. The van der Waals surface area contributed by atoms with Crippen LogP contribution in [0.2, 0.25) is 0 Å². The van der Waals surface area contributed by atoms with Gasteiger partial charge in [0.25, 0.3) is 5.56 Å². The van der Waals surface area contributed by atoms with E-state index in [9.17, 15) is 14.4 Å². The summed E-state index contributed by atoms with van der Waals surface area (Å²) >= 11 is 7.96. The van der Waals surface area contributed by atoms with E-state index in [1.807, 2.05) is 55.5 Å². The third-order valence-electron chi connectivity index (χ3n) is 5.48. The Hall–Kier alpha value is -3.08. The molecule has 2 aromatic heterocycles. The molecular formula is C26H25N3O4S3. The van der Waals surface area contributed by atoms with Gasteiger partial charge in [-0.25, -0.2) is 4.98 Å². The molecule has 0 radical (unpaired) electrons. The molecule has 186 valence electrons. The van der Waals surface area contributed by atoms with Gasteiger partial charge in [0, 0.05) is 5.69 Å². The van der Waals surface area contributed by atoms with Crippen molar-refractivity contribution >= 4 is 57.4 Å². The highest BCUT2D eigenvalue weighted by atomic mass is 32.2. The molecule has 0 saturated carbocycles. The van der Waals surface area contributed by atoms with E-state index in [1.165, 1.54) is 21.5 Å². The summed E-state index contributed by atoms with van der Waals surface area (Å²) in [5.74, 6) is -0.899. The smallest absolute Gasteiger partial charge is 0.313 e. The van der Waals surface area contributed by atoms with E-state index in [2.05, 4.69) is 6.92 Å². The van der Waals surface area contributed by atoms with Gasteiger partial charge in [0.05, 0.1) is 18.0 Å². The van der Waals surface area contributed by atoms with Crippen molar-refractivity contribution in [3.05, 3.63) is 74.0 Å². The fourth-order valence-corrected chi connectivity index (χ4v) is 5.80. The molecule has 2 aromatic carbocycles. The maximum Gasteiger partial charge on any atom is 0.313 e. The topological polar surface area (TPSA) is 83.2 Å². The second-order valence-corrected chi connectivity index (χ2v) is 10.6. The summed E-state index contributed by atoms with van der Waals surface area (Å²) in [6.07, 6.45) is 0.590. The molecule has 0 saturated heterocycles. The van der Waals surface area contributed by atoms with Gasteiger partial charge in [-0.3, -0.25) is 23.5 Å². The molecule has 0 amide bonds. The molecule has 0 fully saturated rings. The molecule has 10 heteroatoms. The number of thiazole rings is 1. The molecule has 0 spiro atoms. The third-order valence-corrected chi connectivity index (χ3v) is 7.83. The molecule has 4 aromatic rings. The van der Waals surface area contributed by atoms with E-state index in [0.717, 1.165) is 29.4 Å². The molecule has 0 aliphatic rings. The highest BCUT2D eigenvalue weighted by Crippen LogP contribution is 2.28. The molecule has 0 aliphatic carbocycles. The Labute approximate surface area is 221 Å². The SMILES string of the molecule is CCOC(=O)CC(=O)CSc1nc2c(sc(=S)n2-c2ccc(CC)cc2)c(=O)n1-c1ccc(C)cc1. The molecule has 0 bridgehead atoms. The Kier molecular flexibility index (Phi) is 8.17. The number of aromatic nitrogens is 3. The minimum absolute atomic E-state index is 0.0291. The van der Waals surface area contributed by atoms with E-state index < -0.39 is 5.97 Å². The molecule has 36 heavy (non-hydrogen) atoms. The monoisotopic (exact) mass is 539 g/mol. The van der Waals surface area contributed by atoms with E-state index in [1.54, 1.807) is 11.5 Å². The Morgan fingerprint density at radius 3 is 2.31 bits per heavy atom. The van der Waals surface area contributed by atoms with Gasteiger partial charge >= 0.3 is 5.97 Å². The number of carbonyl (C=O) groups excluding carboxylic acids is 2. The minimum Gasteiger partial charge on any atom is -0.466 e. The van der Waals surface area contributed by atoms with E-state index in [0.29, 0.717) is 25.1 Å². The van der Waals surface area contributed by atoms with Crippen LogP contribution < -0.4 is 5.56 Å². The van der Waals surface area contributed by atoms with Crippen LogP contribution in [0.1, 0.15) is 31.4 Å². The first-order valence-corrected chi connectivity index (χ1v) is 13.7. The first kappa shape index (κ1) is 26.0. The first-order chi connectivity index (χ1) is 17.3. The molecule has 7 nitrogen and oxygen atoms in total. The highest BCUT2D eigenvalue weighted by molar-refractivity contribution is 7.99. The standard InChI is InChI=1S/C26H25N3O4S3/c1-4-17-8-12-18(13-9-17)28-23-22(36-26(28)34)24(32)29(19-10-6-16(3)7-11-19)25(27-23)35-15-20(30)14-21(31)33-5-2/h6-13H,4-5,14-15H2,1-3H3. The van der Waals surface area contributed by atoms with Gasteiger partial charge in [-0.1, -0.05) is 59.9 Å². The summed E-state index contributed by atoms with van der Waals surface area (Å²) in [4.78, 5) is 42.7. The van der Waals surface area contributed by atoms with Gasteiger partial charge in [0.2, 0.25) is 0 Å². The molecule has 0 N–H and O–H groups in total. The van der Waals surface area contributed by atoms with Crippen molar-refractivity contribution in [3.8, 4) is 11.4 Å². The highest BCUT2D eigenvalue weighted by Gasteiger charge is 2.20. The van der Waals surface area contributed by atoms with Crippen LogP contribution in [0.5, 0.6) is 0 Å². The van der Waals surface area contributed by atoms with Gasteiger partial charge < -0.3 is 4.74 Å². The maximum atomic E-state index is 13.7. The number of carbonyl (C=O) groups is 2. The lowest BCUT2D eigenvalue weighted by Crippen LogP contribution is -2.22. The van der Waals surface area contributed by atoms with Gasteiger partial charge in [-0.15, -0.1) is 0 Å². The molecular weight excluding hydrogens is 515 g/mol. The van der Waals surface area contributed by atoms with Crippen LogP contribution in [0.15, 0.2) is 58.5 Å². The zero-order valence-electron chi connectivity index (χ0n) is 20.1. The Balaban J connectivity index is 1.83. The van der Waals surface area contributed by atoms with Crippen molar-refractivity contribution in [2.75, 3.05) is 12.4 Å². The summed E-state index contributed by atoms with van der Waals surface area (Å²) in [6.45, 7) is 5.96. The Bertz CT molecular complexity index is 1530. The van der Waals surface area contributed by atoms with Gasteiger partial charge in [0.15, 0.2) is 20.5 Å². The predicted molar refractivity (Wildman–Crippen MR) is 146 cm³/mol. The third kappa shape index (κ3) is 5.50. The predicted octanol–water partition coefficient (Wildman–Crippen LogP) is 5.45. The van der Waals surface area contributed by atoms with Crippen molar-refractivity contribution in [3.63, 3.8) is 0 Å². The van der Waals surface area contributed by atoms with Crippen molar-refractivity contribution in [2.24, 2.45) is 0 Å². The van der Waals surface area contributed by atoms with E-state index in [-0.39, 0.29) is 30.1 Å². The van der Waals surface area contributed by atoms with Crippen molar-refractivity contribution in [2.45, 2.75) is 38.8 Å². The number of rotatable bonds is 9. The quantitative estimate of drug-likeness (QED) is 0.0919. The van der Waals surface area contributed by atoms with Crippen LogP contribution in [-0.2, 0) is 20.7 Å². The average molecular weight is 540 g/mol. The second kappa shape index (κ2) is 11.3. The van der Waals surface area contributed by atoms with Crippen LogP contribution in [0.4, 0.5) is 0 Å². The number of Topliss-reactive ketones (excluding diaryl/α,β-unsaturated/α-hetero) is 1. The minimum atomic E-state index is -0.565. The molecule has 2 heterocycles. The zero-order chi connectivity index (χ0) is 25.8. The lowest BCUT2D eigenvalue weighted by molar-refractivity contribution is -0.145. The van der Waals surface area contributed by atoms with Gasteiger partial charge in [0.1, 0.15) is 11.1 Å². The van der Waals surface area contributed by atoms with Gasteiger partial charge in [-0.2, -0.15) is 0 Å². The largest absolute Gasteiger partial charge is 0.466 e. The number of hydrogen-bond acceptors (Lipinski definition) is 8. The average Bonchev–Trinajstić information content (AvgIpc) is 3.20. The van der Waals surface area contributed by atoms with Crippen molar-refractivity contribution in [1.82, 2.24) is 14.1 Å². The number of fused-ring (bicyclic) bond motifs is 1. The number of ether oxygens (including phenoxy) is 1. The number of aryl methyl sites for hydroxylation is 2. The number of benzene rings is 2.